The van der Waals surface area contributed by atoms with Crippen LogP contribution in [0.25, 0.3) is 0 Å². The number of carbonyl (C=O) groups excluding carboxylic acids is 1. The van der Waals surface area contributed by atoms with E-state index in [-0.39, 0.29) is 18.6 Å². The minimum absolute atomic E-state index is 0.0528. The summed E-state index contributed by atoms with van der Waals surface area (Å²) in [7, 11) is 0. The van der Waals surface area contributed by atoms with Crippen molar-refractivity contribution in [2.75, 3.05) is 6.61 Å². The van der Waals surface area contributed by atoms with Gasteiger partial charge in [0.25, 0.3) is 5.91 Å². The highest BCUT2D eigenvalue weighted by molar-refractivity contribution is 5.94. The van der Waals surface area contributed by atoms with E-state index in [4.69, 9.17) is 5.11 Å². The summed E-state index contributed by atoms with van der Waals surface area (Å²) in [6.45, 7) is 0.0528. The summed E-state index contributed by atoms with van der Waals surface area (Å²) in [5, 5.41) is 21.4. The molecular weight excluding hydrogens is 266 g/mol. The van der Waals surface area contributed by atoms with Crippen LogP contribution in [0.5, 0.6) is 0 Å². The number of hydrogen-bond donors (Lipinski definition) is 3. The third-order valence-electron chi connectivity index (χ3n) is 3.66. The lowest BCUT2D eigenvalue weighted by Crippen LogP contribution is -2.45. The van der Waals surface area contributed by atoms with E-state index in [0.717, 1.165) is 31.2 Å². The lowest BCUT2D eigenvalue weighted by atomic mass is 9.92. The van der Waals surface area contributed by atoms with Crippen molar-refractivity contribution in [1.29, 1.82) is 0 Å². The molecule has 0 radical (unpaired) electrons. The van der Waals surface area contributed by atoms with Crippen molar-refractivity contribution in [1.82, 2.24) is 5.32 Å². The molecule has 1 saturated carbocycles. The van der Waals surface area contributed by atoms with Crippen molar-refractivity contribution in [2.45, 2.75) is 44.2 Å². The van der Waals surface area contributed by atoms with Crippen molar-refractivity contribution < 1.29 is 15.0 Å². The summed E-state index contributed by atoms with van der Waals surface area (Å²) in [4.78, 5) is 12.1. The van der Waals surface area contributed by atoms with Crippen LogP contribution in [-0.4, -0.2) is 34.9 Å². The SMILES string of the molecule is O=C(NC1CCCCC1O)c1ccc(C#CCCO)cc1. The third-order valence-corrected chi connectivity index (χ3v) is 3.66. The average molecular weight is 287 g/mol. The van der Waals surface area contributed by atoms with Crippen molar-refractivity contribution in [3.05, 3.63) is 35.4 Å². The van der Waals surface area contributed by atoms with Crippen LogP contribution in [0, 0.1) is 11.8 Å². The molecule has 2 rings (SSSR count). The van der Waals surface area contributed by atoms with E-state index in [1.54, 1.807) is 24.3 Å². The monoisotopic (exact) mass is 287 g/mol. The predicted octanol–water partition coefficient (Wildman–Crippen LogP) is 1.45. The highest BCUT2D eigenvalue weighted by atomic mass is 16.3. The fourth-order valence-electron chi connectivity index (χ4n) is 2.46. The van der Waals surface area contributed by atoms with Crippen molar-refractivity contribution in [2.24, 2.45) is 0 Å². The van der Waals surface area contributed by atoms with E-state index < -0.39 is 6.10 Å². The lowest BCUT2D eigenvalue weighted by Gasteiger charge is -2.28. The Balaban J connectivity index is 1.95. The number of benzene rings is 1. The number of hydrogen-bond acceptors (Lipinski definition) is 3. The molecule has 1 aromatic carbocycles. The van der Waals surface area contributed by atoms with Crippen molar-refractivity contribution >= 4 is 5.91 Å². The Hall–Kier alpha value is -1.83. The first-order chi connectivity index (χ1) is 10.2. The molecule has 0 spiro atoms. The zero-order chi connectivity index (χ0) is 15.1. The van der Waals surface area contributed by atoms with Crippen LogP contribution in [0.4, 0.5) is 0 Å². The number of nitrogens with one attached hydrogen (secondary N) is 1. The van der Waals surface area contributed by atoms with Crippen LogP contribution < -0.4 is 5.32 Å². The first-order valence-electron chi connectivity index (χ1n) is 7.39. The zero-order valence-electron chi connectivity index (χ0n) is 12.0. The number of carbonyl (C=O) groups is 1. The maximum absolute atomic E-state index is 12.1. The molecule has 112 valence electrons. The molecule has 4 heteroatoms. The molecule has 0 saturated heterocycles. The van der Waals surface area contributed by atoms with Gasteiger partial charge >= 0.3 is 0 Å². The van der Waals surface area contributed by atoms with Crippen LogP contribution in [0.3, 0.4) is 0 Å². The first-order valence-corrected chi connectivity index (χ1v) is 7.39. The average Bonchev–Trinajstić information content (AvgIpc) is 2.50. The molecule has 4 nitrogen and oxygen atoms in total. The Morgan fingerprint density at radius 1 is 1.24 bits per heavy atom. The molecular formula is C17H21NO3. The Bertz CT molecular complexity index is 527. The summed E-state index contributed by atoms with van der Waals surface area (Å²) in [6.07, 6.45) is 3.66. The number of amides is 1. The molecule has 3 N–H and O–H groups in total. The highest BCUT2D eigenvalue weighted by Gasteiger charge is 2.24. The van der Waals surface area contributed by atoms with Gasteiger partial charge in [0.1, 0.15) is 0 Å². The summed E-state index contributed by atoms with van der Waals surface area (Å²) >= 11 is 0. The molecule has 0 aliphatic heterocycles. The van der Waals surface area contributed by atoms with E-state index in [0.29, 0.717) is 12.0 Å². The van der Waals surface area contributed by atoms with Crippen LogP contribution in [0.15, 0.2) is 24.3 Å². The Labute approximate surface area is 125 Å². The van der Waals surface area contributed by atoms with Crippen molar-refractivity contribution in [3.8, 4) is 11.8 Å². The molecule has 1 fully saturated rings. The van der Waals surface area contributed by atoms with Gasteiger partial charge in [-0.3, -0.25) is 4.79 Å². The second-order valence-corrected chi connectivity index (χ2v) is 5.28. The van der Waals surface area contributed by atoms with Crippen LogP contribution in [-0.2, 0) is 0 Å². The van der Waals surface area contributed by atoms with Crippen LogP contribution in [0.1, 0.15) is 48.0 Å². The van der Waals surface area contributed by atoms with E-state index in [2.05, 4.69) is 17.2 Å². The molecule has 2 atom stereocenters. The highest BCUT2D eigenvalue weighted by Crippen LogP contribution is 2.18. The summed E-state index contributed by atoms with van der Waals surface area (Å²) in [5.74, 6) is 5.60. The number of rotatable bonds is 3. The van der Waals surface area contributed by atoms with Gasteiger partial charge in [-0.05, 0) is 37.1 Å². The second kappa shape index (κ2) is 7.82. The fraction of sp³-hybridized carbons (Fsp3) is 0.471. The molecule has 0 bridgehead atoms. The quantitative estimate of drug-likeness (QED) is 0.737. The fourth-order valence-corrected chi connectivity index (χ4v) is 2.46. The molecule has 0 heterocycles. The third kappa shape index (κ3) is 4.59. The number of aliphatic hydroxyl groups excluding tert-OH is 2. The standard InChI is InChI=1S/C17H21NO3/c19-12-4-3-5-13-8-10-14(11-9-13)17(21)18-15-6-1-2-7-16(15)20/h8-11,15-16,19-20H,1-2,4,6-7,12H2,(H,18,21). The van der Waals surface area contributed by atoms with Gasteiger partial charge in [-0.1, -0.05) is 24.7 Å². The molecule has 2 unspecified atom stereocenters. The molecule has 1 aromatic rings. The molecule has 0 aromatic heterocycles. The maximum Gasteiger partial charge on any atom is 0.251 e. The van der Waals surface area contributed by atoms with Gasteiger partial charge in [0, 0.05) is 17.5 Å². The van der Waals surface area contributed by atoms with E-state index in [1.165, 1.54) is 0 Å². The largest absolute Gasteiger partial charge is 0.395 e. The zero-order valence-corrected chi connectivity index (χ0v) is 12.0. The van der Waals surface area contributed by atoms with E-state index >= 15 is 0 Å². The Kier molecular flexibility index (Phi) is 5.79. The molecule has 1 aliphatic carbocycles. The molecule has 1 aliphatic rings. The minimum Gasteiger partial charge on any atom is -0.395 e. The lowest BCUT2D eigenvalue weighted by molar-refractivity contribution is 0.0717. The van der Waals surface area contributed by atoms with Crippen LogP contribution in [0.2, 0.25) is 0 Å². The van der Waals surface area contributed by atoms with E-state index in [1.807, 2.05) is 0 Å². The van der Waals surface area contributed by atoms with Gasteiger partial charge in [-0.15, -0.1) is 0 Å². The van der Waals surface area contributed by atoms with Gasteiger partial charge in [0.05, 0.1) is 18.8 Å². The summed E-state index contributed by atoms with van der Waals surface area (Å²) in [5.41, 5.74) is 1.39. The number of aliphatic hydroxyl groups is 2. The van der Waals surface area contributed by atoms with Gasteiger partial charge in [0.2, 0.25) is 0 Å². The predicted molar refractivity (Wildman–Crippen MR) is 80.8 cm³/mol. The van der Waals surface area contributed by atoms with Crippen molar-refractivity contribution in [3.63, 3.8) is 0 Å². The van der Waals surface area contributed by atoms with Gasteiger partial charge in [0.15, 0.2) is 0 Å². The first kappa shape index (κ1) is 15.6. The topological polar surface area (TPSA) is 69.6 Å². The molecule has 21 heavy (non-hydrogen) atoms. The van der Waals surface area contributed by atoms with E-state index in [9.17, 15) is 9.90 Å². The van der Waals surface area contributed by atoms with Crippen LogP contribution >= 0.6 is 0 Å². The minimum atomic E-state index is -0.439. The normalized spacial score (nSPS) is 21.2. The Morgan fingerprint density at radius 2 is 1.95 bits per heavy atom. The van der Waals surface area contributed by atoms with Gasteiger partial charge in [-0.25, -0.2) is 0 Å². The van der Waals surface area contributed by atoms with Gasteiger partial charge < -0.3 is 15.5 Å². The molecule has 1 amide bonds. The Morgan fingerprint density at radius 3 is 2.62 bits per heavy atom. The van der Waals surface area contributed by atoms with Gasteiger partial charge in [-0.2, -0.15) is 0 Å². The second-order valence-electron chi connectivity index (χ2n) is 5.28. The summed E-state index contributed by atoms with van der Waals surface area (Å²) in [6, 6.07) is 6.89. The smallest absolute Gasteiger partial charge is 0.251 e. The summed E-state index contributed by atoms with van der Waals surface area (Å²) < 4.78 is 0. The maximum atomic E-state index is 12.1.